The highest BCUT2D eigenvalue weighted by Gasteiger charge is 2.35. The number of nitrogens with zero attached hydrogens (tertiary/aromatic N) is 1. The average molecular weight is 397 g/mol. The lowest BCUT2D eigenvalue weighted by atomic mass is 9.83. The van der Waals surface area contributed by atoms with Gasteiger partial charge in [0.1, 0.15) is 11.4 Å². The minimum atomic E-state index is -1.05. The highest BCUT2D eigenvalue weighted by molar-refractivity contribution is 9.10. The van der Waals surface area contributed by atoms with Crippen LogP contribution in [0, 0.1) is 17.1 Å². The van der Waals surface area contributed by atoms with E-state index >= 15 is 0 Å². The minimum Gasteiger partial charge on any atom is -0.449 e. The third-order valence-electron chi connectivity index (χ3n) is 4.09. The number of hydrogen-bond acceptors (Lipinski definition) is 4. The molecule has 0 radical (unpaired) electrons. The van der Waals surface area contributed by atoms with Crippen LogP contribution in [0.4, 0.5) is 4.39 Å². The number of esters is 1. The van der Waals surface area contributed by atoms with Crippen molar-refractivity contribution in [2.24, 2.45) is 0 Å². The fourth-order valence-corrected chi connectivity index (χ4v) is 3.20. The summed E-state index contributed by atoms with van der Waals surface area (Å²) in [5, 5.41) is 12.1. The Morgan fingerprint density at radius 1 is 1.38 bits per heavy atom. The van der Waals surface area contributed by atoms with Gasteiger partial charge >= 0.3 is 5.97 Å². The maximum atomic E-state index is 13.1. The molecule has 1 amide bonds. The van der Waals surface area contributed by atoms with Gasteiger partial charge in [0.05, 0.1) is 11.6 Å². The predicted molar refractivity (Wildman–Crippen MR) is 88.5 cm³/mol. The summed E-state index contributed by atoms with van der Waals surface area (Å²) < 4.78 is 18.5. The van der Waals surface area contributed by atoms with Gasteiger partial charge in [0, 0.05) is 4.47 Å². The van der Waals surface area contributed by atoms with Crippen LogP contribution in [-0.4, -0.2) is 23.5 Å². The van der Waals surface area contributed by atoms with Crippen LogP contribution in [0.1, 0.15) is 49.4 Å². The number of carbonyl (C=O) groups excluding carboxylic acids is 2. The summed E-state index contributed by atoms with van der Waals surface area (Å²) in [5.41, 5.74) is -0.754. The maximum absolute atomic E-state index is 13.1. The molecule has 0 aliphatic heterocycles. The van der Waals surface area contributed by atoms with Crippen molar-refractivity contribution < 1.29 is 18.7 Å². The standard InChI is InChI=1S/C17H18BrFN2O3/c1-11(15(22)21-17(10-20)7-3-2-4-8-17)24-16(23)13-6-5-12(19)9-14(13)18/h5-6,9,11H,2-4,7-8H2,1H3,(H,21,22)/t11-/m0/s1. The van der Waals surface area contributed by atoms with Gasteiger partial charge in [-0.1, -0.05) is 19.3 Å². The summed E-state index contributed by atoms with van der Waals surface area (Å²) in [6, 6.07) is 5.75. The lowest BCUT2D eigenvalue weighted by Gasteiger charge is -2.32. The fourth-order valence-electron chi connectivity index (χ4n) is 2.69. The molecule has 1 fully saturated rings. The van der Waals surface area contributed by atoms with E-state index < -0.39 is 29.3 Å². The van der Waals surface area contributed by atoms with Gasteiger partial charge in [0.2, 0.25) is 0 Å². The summed E-state index contributed by atoms with van der Waals surface area (Å²) in [7, 11) is 0. The van der Waals surface area contributed by atoms with Gasteiger partial charge in [-0.3, -0.25) is 4.79 Å². The van der Waals surface area contributed by atoms with Gasteiger partial charge in [-0.15, -0.1) is 0 Å². The monoisotopic (exact) mass is 396 g/mol. The van der Waals surface area contributed by atoms with Crippen molar-refractivity contribution in [3.05, 3.63) is 34.1 Å². The maximum Gasteiger partial charge on any atom is 0.340 e. The molecule has 2 rings (SSSR count). The lowest BCUT2D eigenvalue weighted by Crippen LogP contribution is -2.52. The molecule has 0 unspecified atom stereocenters. The van der Waals surface area contributed by atoms with E-state index in [-0.39, 0.29) is 10.0 Å². The Kier molecular flexibility index (Phi) is 5.94. The average Bonchev–Trinajstić information content (AvgIpc) is 2.55. The smallest absolute Gasteiger partial charge is 0.340 e. The zero-order valence-corrected chi connectivity index (χ0v) is 14.9. The molecule has 0 heterocycles. The zero-order chi connectivity index (χ0) is 17.7. The lowest BCUT2D eigenvalue weighted by molar-refractivity contribution is -0.130. The number of nitriles is 1. The molecule has 1 saturated carbocycles. The molecule has 0 bridgehead atoms. The first kappa shape index (κ1) is 18.4. The Morgan fingerprint density at radius 3 is 2.62 bits per heavy atom. The zero-order valence-electron chi connectivity index (χ0n) is 13.3. The predicted octanol–water partition coefficient (Wildman–Crippen LogP) is 3.48. The number of benzene rings is 1. The second-order valence-electron chi connectivity index (χ2n) is 5.92. The van der Waals surface area contributed by atoms with E-state index in [9.17, 15) is 19.2 Å². The Labute approximate surface area is 148 Å². The highest BCUT2D eigenvalue weighted by Crippen LogP contribution is 2.27. The van der Waals surface area contributed by atoms with E-state index in [0.29, 0.717) is 12.8 Å². The molecule has 1 aromatic carbocycles. The van der Waals surface area contributed by atoms with Crippen LogP contribution in [0.25, 0.3) is 0 Å². The molecule has 128 valence electrons. The Bertz CT molecular complexity index is 681. The molecule has 7 heteroatoms. The Hall–Kier alpha value is -1.94. The first-order valence-electron chi connectivity index (χ1n) is 7.76. The molecule has 1 atom stereocenters. The molecular weight excluding hydrogens is 379 g/mol. The molecule has 5 nitrogen and oxygen atoms in total. The molecule has 0 saturated heterocycles. The van der Waals surface area contributed by atoms with Crippen molar-refractivity contribution in [3.63, 3.8) is 0 Å². The van der Waals surface area contributed by atoms with Crippen molar-refractivity contribution >= 4 is 27.8 Å². The molecule has 24 heavy (non-hydrogen) atoms. The quantitative estimate of drug-likeness (QED) is 0.790. The second-order valence-corrected chi connectivity index (χ2v) is 6.77. The van der Waals surface area contributed by atoms with Crippen molar-refractivity contribution in [3.8, 4) is 6.07 Å². The molecule has 1 aliphatic rings. The number of amides is 1. The summed E-state index contributed by atoms with van der Waals surface area (Å²) in [6.45, 7) is 1.44. The van der Waals surface area contributed by atoms with E-state index in [4.69, 9.17) is 4.74 Å². The van der Waals surface area contributed by atoms with Crippen LogP contribution >= 0.6 is 15.9 Å². The first-order valence-corrected chi connectivity index (χ1v) is 8.55. The third-order valence-corrected chi connectivity index (χ3v) is 4.74. The topological polar surface area (TPSA) is 79.2 Å². The third kappa shape index (κ3) is 4.32. The number of halogens is 2. The van der Waals surface area contributed by atoms with Crippen molar-refractivity contribution in [2.75, 3.05) is 0 Å². The number of nitrogens with one attached hydrogen (secondary N) is 1. The van der Waals surface area contributed by atoms with Crippen molar-refractivity contribution in [1.29, 1.82) is 5.26 Å². The van der Waals surface area contributed by atoms with E-state index in [0.717, 1.165) is 31.4 Å². The minimum absolute atomic E-state index is 0.128. The summed E-state index contributed by atoms with van der Waals surface area (Å²) in [4.78, 5) is 24.4. The molecular formula is C17H18BrFN2O3. The van der Waals surface area contributed by atoms with Crippen molar-refractivity contribution in [2.45, 2.75) is 50.7 Å². The fraction of sp³-hybridized carbons (Fsp3) is 0.471. The largest absolute Gasteiger partial charge is 0.449 e. The number of carbonyl (C=O) groups is 2. The number of ether oxygens (including phenoxy) is 1. The van der Waals surface area contributed by atoms with Crippen LogP contribution < -0.4 is 5.32 Å². The van der Waals surface area contributed by atoms with E-state index in [1.165, 1.54) is 13.0 Å². The Morgan fingerprint density at radius 2 is 2.04 bits per heavy atom. The van der Waals surface area contributed by atoms with Gasteiger partial charge in [0.25, 0.3) is 5.91 Å². The summed E-state index contributed by atoms with van der Waals surface area (Å²) in [6.07, 6.45) is 2.94. The second kappa shape index (κ2) is 7.75. The van der Waals surface area contributed by atoms with Crippen LogP contribution in [0.2, 0.25) is 0 Å². The van der Waals surface area contributed by atoms with Gasteiger partial charge in [0.15, 0.2) is 6.10 Å². The molecule has 1 aliphatic carbocycles. The summed E-state index contributed by atoms with van der Waals surface area (Å²) in [5.74, 6) is -1.73. The van der Waals surface area contributed by atoms with Crippen LogP contribution in [0.3, 0.4) is 0 Å². The van der Waals surface area contributed by atoms with Gasteiger partial charge in [-0.2, -0.15) is 5.26 Å². The van der Waals surface area contributed by atoms with Crippen LogP contribution in [0.15, 0.2) is 22.7 Å². The molecule has 1 N–H and O–H groups in total. The van der Waals surface area contributed by atoms with E-state index in [2.05, 4.69) is 27.3 Å². The van der Waals surface area contributed by atoms with Crippen molar-refractivity contribution in [1.82, 2.24) is 5.32 Å². The first-order chi connectivity index (χ1) is 11.4. The molecule has 1 aromatic rings. The van der Waals surface area contributed by atoms with E-state index in [1.807, 2.05) is 0 Å². The SMILES string of the molecule is C[C@H](OC(=O)c1ccc(F)cc1Br)C(=O)NC1(C#N)CCCCC1. The van der Waals surface area contributed by atoms with Gasteiger partial charge < -0.3 is 10.1 Å². The Balaban J connectivity index is 2.00. The molecule has 0 aromatic heterocycles. The van der Waals surface area contributed by atoms with E-state index in [1.54, 1.807) is 0 Å². The number of rotatable bonds is 4. The normalized spacial score (nSPS) is 17.4. The van der Waals surface area contributed by atoms with Gasteiger partial charge in [-0.05, 0) is 53.9 Å². The van der Waals surface area contributed by atoms with Crippen LogP contribution in [0.5, 0.6) is 0 Å². The number of hydrogen-bond donors (Lipinski definition) is 1. The highest BCUT2D eigenvalue weighted by atomic mass is 79.9. The van der Waals surface area contributed by atoms with Crippen LogP contribution in [-0.2, 0) is 9.53 Å². The molecule has 0 spiro atoms. The summed E-state index contributed by atoms with van der Waals surface area (Å²) >= 11 is 3.09. The van der Waals surface area contributed by atoms with Gasteiger partial charge in [-0.25, -0.2) is 9.18 Å².